The molecule has 0 atom stereocenters. The smallest absolute Gasteiger partial charge is 0.201 e. The lowest BCUT2D eigenvalue weighted by atomic mass is 9.89. The standard InChI is InChI=1S/C13H17N5/c14-10-7-4-8-15-11(10)13-16-12(17-18-13)9-5-2-1-3-6-9/h4,7-9H,1-3,5-6,14H2,(H,16,17,18). The van der Waals surface area contributed by atoms with Crippen molar-refractivity contribution < 1.29 is 0 Å². The molecule has 0 aliphatic heterocycles. The Bertz CT molecular complexity index is 528. The van der Waals surface area contributed by atoms with Crippen molar-refractivity contribution in [2.45, 2.75) is 38.0 Å². The van der Waals surface area contributed by atoms with Crippen molar-refractivity contribution in [3.05, 3.63) is 24.2 Å². The summed E-state index contributed by atoms with van der Waals surface area (Å²) >= 11 is 0. The molecule has 1 aliphatic carbocycles. The molecule has 0 bridgehead atoms. The number of nitrogen functional groups attached to an aromatic ring is 1. The number of anilines is 1. The Balaban J connectivity index is 1.87. The van der Waals surface area contributed by atoms with Crippen LogP contribution in [0.1, 0.15) is 43.8 Å². The van der Waals surface area contributed by atoms with E-state index in [2.05, 4.69) is 20.2 Å². The van der Waals surface area contributed by atoms with Crippen molar-refractivity contribution in [1.82, 2.24) is 20.2 Å². The third-order valence-corrected chi connectivity index (χ3v) is 3.55. The largest absolute Gasteiger partial charge is 0.397 e. The minimum absolute atomic E-state index is 0.518. The highest BCUT2D eigenvalue weighted by Crippen LogP contribution is 2.31. The van der Waals surface area contributed by atoms with Crippen LogP contribution in [0.5, 0.6) is 0 Å². The van der Waals surface area contributed by atoms with Crippen molar-refractivity contribution in [1.29, 1.82) is 0 Å². The molecule has 2 aromatic heterocycles. The SMILES string of the molecule is Nc1cccnc1-c1n[nH]c(C2CCCCC2)n1. The van der Waals surface area contributed by atoms with E-state index < -0.39 is 0 Å². The summed E-state index contributed by atoms with van der Waals surface area (Å²) in [6, 6.07) is 3.63. The first kappa shape index (κ1) is 11.2. The van der Waals surface area contributed by atoms with Crippen LogP contribution in [0.3, 0.4) is 0 Å². The van der Waals surface area contributed by atoms with E-state index in [0.29, 0.717) is 23.1 Å². The first-order valence-corrected chi connectivity index (χ1v) is 6.48. The van der Waals surface area contributed by atoms with E-state index in [-0.39, 0.29) is 0 Å². The van der Waals surface area contributed by atoms with E-state index in [1.807, 2.05) is 12.1 Å². The maximum absolute atomic E-state index is 5.88. The van der Waals surface area contributed by atoms with Crippen LogP contribution >= 0.6 is 0 Å². The summed E-state index contributed by atoms with van der Waals surface area (Å²) in [6.07, 6.45) is 8.02. The molecule has 0 radical (unpaired) electrons. The lowest BCUT2D eigenvalue weighted by Crippen LogP contribution is -2.06. The molecular formula is C13H17N5. The number of rotatable bonds is 2. The number of nitrogens with zero attached hydrogens (tertiary/aromatic N) is 3. The van der Waals surface area contributed by atoms with Crippen molar-refractivity contribution in [3.63, 3.8) is 0 Å². The van der Waals surface area contributed by atoms with Crippen LogP contribution in [0.25, 0.3) is 11.5 Å². The zero-order valence-electron chi connectivity index (χ0n) is 10.3. The molecule has 18 heavy (non-hydrogen) atoms. The molecule has 0 aromatic carbocycles. The Morgan fingerprint density at radius 1 is 1.22 bits per heavy atom. The number of hydrogen-bond acceptors (Lipinski definition) is 4. The Labute approximate surface area is 106 Å². The number of nitrogens with two attached hydrogens (primary N) is 1. The highest BCUT2D eigenvalue weighted by Gasteiger charge is 2.20. The van der Waals surface area contributed by atoms with Crippen molar-refractivity contribution >= 4 is 5.69 Å². The third-order valence-electron chi connectivity index (χ3n) is 3.55. The van der Waals surface area contributed by atoms with Gasteiger partial charge in [0.15, 0.2) is 0 Å². The molecule has 1 saturated carbocycles. The van der Waals surface area contributed by atoms with Crippen molar-refractivity contribution in [3.8, 4) is 11.5 Å². The second-order valence-electron chi connectivity index (χ2n) is 4.82. The Hall–Kier alpha value is -1.91. The molecule has 2 heterocycles. The monoisotopic (exact) mass is 243 g/mol. The van der Waals surface area contributed by atoms with Crippen LogP contribution in [0.15, 0.2) is 18.3 Å². The van der Waals surface area contributed by atoms with Crippen molar-refractivity contribution in [2.24, 2.45) is 0 Å². The average Bonchev–Trinajstić information content (AvgIpc) is 2.90. The first-order valence-electron chi connectivity index (χ1n) is 6.48. The van der Waals surface area contributed by atoms with Crippen LogP contribution in [-0.2, 0) is 0 Å². The second kappa shape index (κ2) is 4.76. The summed E-state index contributed by atoms with van der Waals surface area (Å²) in [5.41, 5.74) is 7.16. The van der Waals surface area contributed by atoms with Gasteiger partial charge in [-0.05, 0) is 25.0 Å². The topological polar surface area (TPSA) is 80.5 Å². The summed E-state index contributed by atoms with van der Waals surface area (Å²) in [4.78, 5) is 8.79. The molecule has 0 unspecified atom stereocenters. The molecule has 0 spiro atoms. The van der Waals surface area contributed by atoms with Gasteiger partial charge < -0.3 is 5.73 Å². The highest BCUT2D eigenvalue weighted by atomic mass is 15.2. The molecule has 2 aromatic rings. The Kier molecular flexibility index (Phi) is 2.96. The molecule has 0 saturated heterocycles. The van der Waals surface area contributed by atoms with Crippen LogP contribution in [-0.4, -0.2) is 20.2 Å². The Morgan fingerprint density at radius 3 is 2.83 bits per heavy atom. The van der Waals surface area contributed by atoms with Gasteiger partial charge in [-0.1, -0.05) is 19.3 Å². The number of aromatic amines is 1. The second-order valence-corrected chi connectivity index (χ2v) is 4.82. The lowest BCUT2D eigenvalue weighted by molar-refractivity contribution is 0.429. The minimum Gasteiger partial charge on any atom is -0.397 e. The van der Waals surface area contributed by atoms with Gasteiger partial charge >= 0.3 is 0 Å². The summed E-state index contributed by atoms with van der Waals surface area (Å²) in [5, 5.41) is 7.29. The Morgan fingerprint density at radius 2 is 2.06 bits per heavy atom. The molecule has 3 rings (SSSR count). The van der Waals surface area contributed by atoms with Gasteiger partial charge in [0, 0.05) is 12.1 Å². The maximum Gasteiger partial charge on any atom is 0.201 e. The third kappa shape index (κ3) is 2.08. The first-order chi connectivity index (χ1) is 8.84. The number of aromatic nitrogens is 4. The molecule has 3 N–H and O–H groups in total. The van der Waals surface area contributed by atoms with Gasteiger partial charge in [-0.25, -0.2) is 4.98 Å². The molecule has 5 heteroatoms. The van der Waals surface area contributed by atoms with Crippen LogP contribution in [0, 0.1) is 0 Å². The van der Waals surface area contributed by atoms with Crippen LogP contribution < -0.4 is 5.73 Å². The number of nitrogens with one attached hydrogen (secondary N) is 1. The van der Waals surface area contributed by atoms with E-state index in [4.69, 9.17) is 5.73 Å². The van der Waals surface area contributed by atoms with E-state index in [1.165, 1.54) is 32.1 Å². The average molecular weight is 243 g/mol. The fourth-order valence-corrected chi connectivity index (χ4v) is 2.54. The van der Waals surface area contributed by atoms with Gasteiger partial charge in [-0.15, -0.1) is 0 Å². The van der Waals surface area contributed by atoms with Gasteiger partial charge in [-0.3, -0.25) is 10.1 Å². The summed E-state index contributed by atoms with van der Waals surface area (Å²) in [6.45, 7) is 0. The maximum atomic E-state index is 5.88. The van der Waals surface area contributed by atoms with Crippen LogP contribution in [0.2, 0.25) is 0 Å². The molecule has 94 valence electrons. The van der Waals surface area contributed by atoms with Gasteiger partial charge in [-0.2, -0.15) is 5.10 Å². The van der Waals surface area contributed by atoms with E-state index in [1.54, 1.807) is 6.20 Å². The quantitative estimate of drug-likeness (QED) is 0.849. The van der Waals surface area contributed by atoms with E-state index >= 15 is 0 Å². The fourth-order valence-electron chi connectivity index (χ4n) is 2.54. The molecular weight excluding hydrogens is 226 g/mol. The van der Waals surface area contributed by atoms with E-state index in [0.717, 1.165) is 5.82 Å². The predicted molar refractivity (Wildman–Crippen MR) is 69.9 cm³/mol. The predicted octanol–water partition coefficient (Wildman–Crippen LogP) is 2.50. The number of pyridine rings is 1. The molecule has 1 aliphatic rings. The zero-order valence-corrected chi connectivity index (χ0v) is 10.3. The fraction of sp³-hybridized carbons (Fsp3) is 0.462. The zero-order chi connectivity index (χ0) is 12.4. The van der Waals surface area contributed by atoms with Gasteiger partial charge in [0.05, 0.1) is 5.69 Å². The lowest BCUT2D eigenvalue weighted by Gasteiger charge is -2.18. The summed E-state index contributed by atoms with van der Waals surface area (Å²) in [7, 11) is 0. The summed E-state index contributed by atoms with van der Waals surface area (Å²) < 4.78 is 0. The minimum atomic E-state index is 0.518. The molecule has 5 nitrogen and oxygen atoms in total. The summed E-state index contributed by atoms with van der Waals surface area (Å²) in [5.74, 6) is 2.10. The normalized spacial score (nSPS) is 16.9. The van der Waals surface area contributed by atoms with Gasteiger partial charge in [0.25, 0.3) is 0 Å². The molecule has 1 fully saturated rings. The number of H-pyrrole nitrogens is 1. The van der Waals surface area contributed by atoms with Gasteiger partial charge in [0.2, 0.25) is 5.82 Å². The number of hydrogen-bond donors (Lipinski definition) is 2. The highest BCUT2D eigenvalue weighted by molar-refractivity contribution is 5.66. The van der Waals surface area contributed by atoms with Crippen molar-refractivity contribution in [2.75, 3.05) is 5.73 Å². The van der Waals surface area contributed by atoms with Crippen LogP contribution in [0.4, 0.5) is 5.69 Å². The van der Waals surface area contributed by atoms with E-state index in [9.17, 15) is 0 Å². The van der Waals surface area contributed by atoms with Gasteiger partial charge in [0.1, 0.15) is 11.5 Å². The molecule has 0 amide bonds.